The molecule has 4 aromatic rings. The van der Waals surface area contributed by atoms with Crippen molar-refractivity contribution in [3.8, 4) is 28.8 Å². The van der Waals surface area contributed by atoms with Crippen LogP contribution in [0.25, 0.3) is 22.8 Å². The molecule has 2 aliphatic rings. The molecule has 0 radical (unpaired) electrons. The summed E-state index contributed by atoms with van der Waals surface area (Å²) in [5.74, 6) is -1.18. The lowest BCUT2D eigenvalue weighted by atomic mass is 9.86. The van der Waals surface area contributed by atoms with Gasteiger partial charge >= 0.3 is 12.1 Å². The highest BCUT2D eigenvalue weighted by Crippen LogP contribution is 2.32. The van der Waals surface area contributed by atoms with Crippen molar-refractivity contribution in [1.29, 1.82) is 5.26 Å². The van der Waals surface area contributed by atoms with Gasteiger partial charge in [-0.05, 0) is 74.2 Å². The molecule has 6 rings (SSSR count). The van der Waals surface area contributed by atoms with Crippen LogP contribution in [0.4, 0.5) is 13.2 Å². The van der Waals surface area contributed by atoms with Crippen LogP contribution < -0.4 is 10.9 Å². The zero-order valence-corrected chi connectivity index (χ0v) is 28.1. The number of amides is 1. The number of ether oxygens (including phenoxy) is 1. The van der Waals surface area contributed by atoms with Crippen LogP contribution in [0, 0.1) is 17.2 Å². The van der Waals surface area contributed by atoms with Gasteiger partial charge in [-0.25, -0.2) is 9.36 Å². The summed E-state index contributed by atoms with van der Waals surface area (Å²) in [6, 6.07) is 14.2. The molecule has 11 nitrogen and oxygen atoms in total. The lowest BCUT2D eigenvalue weighted by Gasteiger charge is -2.37. The van der Waals surface area contributed by atoms with Gasteiger partial charge < -0.3 is 14.5 Å². The molecule has 0 atom stereocenters. The van der Waals surface area contributed by atoms with Crippen molar-refractivity contribution in [2.45, 2.75) is 56.8 Å². The molecule has 0 spiro atoms. The van der Waals surface area contributed by atoms with E-state index in [0.717, 1.165) is 47.2 Å². The Morgan fingerprint density at radius 2 is 1.66 bits per heavy atom. The number of quaternary nitrogens is 1. The van der Waals surface area contributed by atoms with E-state index in [2.05, 4.69) is 30.6 Å². The first-order valence-corrected chi connectivity index (χ1v) is 16.6. The predicted octanol–water partition coefficient (Wildman–Crippen LogP) is 4.99. The van der Waals surface area contributed by atoms with E-state index in [9.17, 15) is 32.8 Å². The fraction of sp³-hybridized carbons (Fsp3) is 0.417. The molecule has 1 N–H and O–H groups in total. The number of esters is 1. The van der Waals surface area contributed by atoms with Gasteiger partial charge in [0.1, 0.15) is 17.4 Å². The number of carbonyl (C=O) groups is 2. The van der Waals surface area contributed by atoms with Gasteiger partial charge in [0.2, 0.25) is 0 Å². The van der Waals surface area contributed by atoms with Gasteiger partial charge in [-0.1, -0.05) is 6.07 Å². The van der Waals surface area contributed by atoms with Gasteiger partial charge in [-0.15, -0.1) is 0 Å². The molecule has 3 heterocycles. The van der Waals surface area contributed by atoms with Crippen LogP contribution in [0.3, 0.4) is 0 Å². The number of rotatable bonds is 7. The van der Waals surface area contributed by atoms with Gasteiger partial charge in [0, 0.05) is 25.9 Å². The van der Waals surface area contributed by atoms with E-state index < -0.39 is 23.2 Å². The van der Waals surface area contributed by atoms with Crippen molar-refractivity contribution < 1.29 is 32.0 Å². The van der Waals surface area contributed by atoms with Crippen LogP contribution in [0.5, 0.6) is 0 Å². The quantitative estimate of drug-likeness (QED) is 0.215. The zero-order valence-electron chi connectivity index (χ0n) is 28.1. The van der Waals surface area contributed by atoms with Crippen molar-refractivity contribution in [2.75, 3.05) is 27.2 Å². The van der Waals surface area contributed by atoms with Gasteiger partial charge in [-0.2, -0.15) is 23.5 Å². The van der Waals surface area contributed by atoms with Crippen molar-refractivity contribution in [1.82, 2.24) is 24.5 Å². The number of carbonyl (C=O) groups excluding carboxylic acids is 2. The Morgan fingerprint density at radius 3 is 2.30 bits per heavy atom. The lowest BCUT2D eigenvalue weighted by molar-refractivity contribution is -0.896. The SMILES string of the molecule is Cn1c(-c2ccnn2-c2ccc(C#N)cc2)c(C(=O)N[C@H]2CC[C@H](C(=O)OC3CC[N+](C)(C)CC3)CC2)c(=O)n1-c1cccc(C(F)(F)F)c1. The number of aromatic nitrogens is 4. The molecule has 14 heteroatoms. The second-order valence-electron chi connectivity index (χ2n) is 13.7. The third-order valence-electron chi connectivity index (χ3n) is 9.83. The van der Waals surface area contributed by atoms with Crippen LogP contribution in [0.15, 0.2) is 65.6 Å². The second-order valence-corrected chi connectivity index (χ2v) is 13.7. The van der Waals surface area contributed by atoms with Crippen molar-refractivity contribution in [2.24, 2.45) is 13.0 Å². The molecule has 1 saturated carbocycles. The second kappa shape index (κ2) is 13.6. The fourth-order valence-corrected chi connectivity index (χ4v) is 6.93. The number of hydrogen-bond donors (Lipinski definition) is 1. The highest BCUT2D eigenvalue weighted by Gasteiger charge is 2.35. The first-order valence-electron chi connectivity index (χ1n) is 16.6. The Hall–Kier alpha value is -5.16. The molecule has 2 aromatic heterocycles. The lowest BCUT2D eigenvalue weighted by Crippen LogP contribution is -2.48. The molecule has 2 aromatic carbocycles. The average Bonchev–Trinajstić information content (AvgIpc) is 3.67. The van der Waals surface area contributed by atoms with E-state index in [1.807, 2.05) is 0 Å². The minimum absolute atomic E-state index is 0.0726. The molecular formula is C36H39F3N7O4+. The number of alkyl halides is 3. The molecule has 2 fully saturated rings. The minimum Gasteiger partial charge on any atom is -0.462 e. The number of nitrogens with one attached hydrogen (secondary N) is 1. The first-order chi connectivity index (χ1) is 23.8. The summed E-state index contributed by atoms with van der Waals surface area (Å²) in [5, 5.41) is 16.6. The van der Waals surface area contributed by atoms with E-state index in [4.69, 9.17) is 4.74 Å². The number of likely N-dealkylation sites (tertiary alicyclic amines) is 1. The summed E-state index contributed by atoms with van der Waals surface area (Å²) in [4.78, 5) is 41.2. The van der Waals surface area contributed by atoms with Crippen LogP contribution in [0.2, 0.25) is 0 Å². The maximum atomic E-state index is 14.1. The summed E-state index contributed by atoms with van der Waals surface area (Å²) in [7, 11) is 5.82. The third kappa shape index (κ3) is 7.09. The summed E-state index contributed by atoms with van der Waals surface area (Å²) >= 11 is 0. The molecule has 1 saturated heterocycles. The van der Waals surface area contributed by atoms with Gasteiger partial charge in [0.25, 0.3) is 11.5 Å². The van der Waals surface area contributed by atoms with Gasteiger partial charge in [0.15, 0.2) is 0 Å². The number of nitrogens with zero attached hydrogens (tertiary/aromatic N) is 6. The predicted molar refractivity (Wildman–Crippen MR) is 177 cm³/mol. The molecule has 1 amide bonds. The monoisotopic (exact) mass is 690 g/mol. The van der Waals surface area contributed by atoms with Crippen LogP contribution in [-0.4, -0.2) is 74.8 Å². The normalized spacial score (nSPS) is 19.5. The topological polar surface area (TPSA) is 124 Å². The fourth-order valence-electron chi connectivity index (χ4n) is 6.93. The summed E-state index contributed by atoms with van der Waals surface area (Å²) in [5.41, 5.74) is -0.655. The molecule has 1 aliphatic heterocycles. The maximum Gasteiger partial charge on any atom is 0.416 e. The molecule has 262 valence electrons. The van der Waals surface area contributed by atoms with Crippen LogP contribution in [-0.2, 0) is 22.8 Å². The molecule has 0 bridgehead atoms. The molecule has 1 aliphatic carbocycles. The first kappa shape index (κ1) is 34.7. The van der Waals surface area contributed by atoms with E-state index in [1.165, 1.54) is 34.7 Å². The minimum atomic E-state index is -4.65. The Balaban J connectivity index is 1.28. The Morgan fingerprint density at radius 1 is 0.980 bits per heavy atom. The number of benzene rings is 2. The highest BCUT2D eigenvalue weighted by molar-refractivity contribution is 6.00. The maximum absolute atomic E-state index is 14.1. The number of halogens is 3. The Bertz CT molecular complexity index is 1980. The van der Waals surface area contributed by atoms with Crippen molar-refractivity contribution in [3.63, 3.8) is 0 Å². The van der Waals surface area contributed by atoms with E-state index in [0.29, 0.717) is 42.6 Å². The number of nitriles is 1. The number of hydrogen-bond acceptors (Lipinski definition) is 6. The third-order valence-corrected chi connectivity index (χ3v) is 9.83. The van der Waals surface area contributed by atoms with Crippen LogP contribution >= 0.6 is 0 Å². The van der Waals surface area contributed by atoms with Crippen molar-refractivity contribution >= 4 is 11.9 Å². The summed E-state index contributed by atoms with van der Waals surface area (Å²) in [6.07, 6.45) is 0.408. The Labute approximate surface area is 287 Å². The molecular weight excluding hydrogens is 651 g/mol. The summed E-state index contributed by atoms with van der Waals surface area (Å²) in [6.45, 7) is 1.89. The van der Waals surface area contributed by atoms with E-state index in [1.54, 1.807) is 30.3 Å². The highest BCUT2D eigenvalue weighted by atomic mass is 19.4. The van der Waals surface area contributed by atoms with Gasteiger partial charge in [-0.3, -0.25) is 19.1 Å². The molecule has 0 unspecified atom stereocenters. The standard InChI is InChI=1S/C36H38F3N7O4/c1-43-32(30-15-18-41-44(30)27-13-7-23(22-40)8-14-27)31(34(48)45(43)28-6-4-5-25(21-28)36(37,38)39)33(47)42-26-11-9-24(10-12-26)35(49)50-29-16-19-46(2,3)20-17-29/h4-8,13-15,18,21,24,26,29H,9-12,16-17,19-20H2,1-3H3/p+1/t24-,26-. The number of piperidine rings is 1. The van der Waals surface area contributed by atoms with Crippen molar-refractivity contribution in [3.05, 3.63) is 87.8 Å². The summed E-state index contributed by atoms with van der Waals surface area (Å²) < 4.78 is 51.7. The van der Waals surface area contributed by atoms with Crippen LogP contribution in [0.1, 0.15) is 60.0 Å². The average molecular weight is 691 g/mol. The smallest absolute Gasteiger partial charge is 0.416 e. The van der Waals surface area contributed by atoms with Gasteiger partial charge in [0.05, 0.1) is 73.6 Å². The zero-order chi connectivity index (χ0) is 35.8. The molecule has 50 heavy (non-hydrogen) atoms. The van der Waals surface area contributed by atoms with E-state index in [-0.39, 0.29) is 41.0 Å². The largest absolute Gasteiger partial charge is 0.462 e. The Kier molecular flexibility index (Phi) is 9.46. The van der Waals surface area contributed by atoms with E-state index >= 15 is 0 Å².